The quantitative estimate of drug-likeness (QED) is 0.841. The number of nitrogens with one attached hydrogen (secondary N) is 1. The van der Waals surface area contributed by atoms with Gasteiger partial charge in [-0.05, 0) is 48.5 Å². The zero-order valence-electron chi connectivity index (χ0n) is 15.2. The zero-order valence-corrected chi connectivity index (χ0v) is 15.2. The molecule has 2 nitrogen and oxygen atoms in total. The Hall–Kier alpha value is -0.860. The Balaban J connectivity index is 1.56. The summed E-state index contributed by atoms with van der Waals surface area (Å²) in [6.07, 6.45) is 5.61. The third kappa shape index (κ3) is 5.93. The van der Waals surface area contributed by atoms with E-state index in [9.17, 15) is 0 Å². The van der Waals surface area contributed by atoms with E-state index in [0.717, 1.165) is 18.4 Å². The first-order valence-electron chi connectivity index (χ1n) is 9.47. The van der Waals surface area contributed by atoms with Gasteiger partial charge >= 0.3 is 0 Å². The highest BCUT2D eigenvalue weighted by molar-refractivity contribution is 5.14. The molecule has 128 valence electrons. The van der Waals surface area contributed by atoms with Crippen molar-refractivity contribution < 1.29 is 0 Å². The lowest BCUT2D eigenvalue weighted by molar-refractivity contribution is 0.109. The van der Waals surface area contributed by atoms with Crippen LogP contribution in [0.4, 0.5) is 0 Å². The van der Waals surface area contributed by atoms with E-state index >= 15 is 0 Å². The molecule has 0 aromatic heterocycles. The fraction of sp³-hybridized carbons (Fsp3) is 0.714. The van der Waals surface area contributed by atoms with Crippen molar-refractivity contribution in [1.29, 1.82) is 0 Å². The Bertz CT molecular complexity index is 472. The second-order valence-corrected chi connectivity index (χ2v) is 9.09. The molecule has 0 bridgehead atoms. The van der Waals surface area contributed by atoms with Crippen LogP contribution in [0.15, 0.2) is 30.3 Å². The normalized spacial score (nSPS) is 26.4. The lowest BCUT2D eigenvalue weighted by Crippen LogP contribution is -2.50. The summed E-state index contributed by atoms with van der Waals surface area (Å²) in [5, 5.41) is 3.84. The lowest BCUT2D eigenvalue weighted by Gasteiger charge is -2.40. The summed E-state index contributed by atoms with van der Waals surface area (Å²) in [5.41, 5.74) is 1.84. The summed E-state index contributed by atoms with van der Waals surface area (Å²) >= 11 is 0. The molecular formula is C21H34N2. The van der Waals surface area contributed by atoms with Crippen LogP contribution in [0, 0.1) is 17.3 Å². The fourth-order valence-corrected chi connectivity index (χ4v) is 4.14. The Morgan fingerprint density at radius 3 is 2.43 bits per heavy atom. The summed E-state index contributed by atoms with van der Waals surface area (Å²) < 4.78 is 0. The molecule has 1 heterocycles. The summed E-state index contributed by atoms with van der Waals surface area (Å²) in [7, 11) is 0. The van der Waals surface area contributed by atoms with Gasteiger partial charge in [0.05, 0.1) is 0 Å². The van der Waals surface area contributed by atoms with Crippen molar-refractivity contribution in [2.75, 3.05) is 19.6 Å². The minimum Gasteiger partial charge on any atom is -0.309 e. The Morgan fingerprint density at radius 2 is 1.78 bits per heavy atom. The van der Waals surface area contributed by atoms with Crippen LogP contribution < -0.4 is 5.32 Å². The van der Waals surface area contributed by atoms with E-state index in [2.05, 4.69) is 61.3 Å². The molecule has 1 aromatic carbocycles. The van der Waals surface area contributed by atoms with Crippen LogP contribution in [0.2, 0.25) is 0 Å². The molecule has 2 heteroatoms. The van der Waals surface area contributed by atoms with Crippen LogP contribution in [-0.4, -0.2) is 30.6 Å². The van der Waals surface area contributed by atoms with Crippen molar-refractivity contribution in [2.24, 2.45) is 17.3 Å². The molecule has 1 aliphatic heterocycles. The number of piperidine rings is 1. The van der Waals surface area contributed by atoms with E-state index in [1.165, 1.54) is 50.9 Å². The first kappa shape index (κ1) is 17.0. The van der Waals surface area contributed by atoms with Gasteiger partial charge in [0.25, 0.3) is 0 Å². The maximum atomic E-state index is 3.84. The van der Waals surface area contributed by atoms with E-state index in [0.29, 0.717) is 11.5 Å². The van der Waals surface area contributed by atoms with Gasteiger partial charge in [-0.25, -0.2) is 0 Å². The van der Waals surface area contributed by atoms with Gasteiger partial charge in [-0.15, -0.1) is 0 Å². The van der Waals surface area contributed by atoms with Crippen LogP contribution in [0.1, 0.15) is 52.0 Å². The average molecular weight is 315 g/mol. The van der Waals surface area contributed by atoms with E-state index in [4.69, 9.17) is 0 Å². The van der Waals surface area contributed by atoms with Gasteiger partial charge in [0.15, 0.2) is 0 Å². The van der Waals surface area contributed by atoms with Crippen molar-refractivity contribution in [3.8, 4) is 0 Å². The Morgan fingerprint density at radius 1 is 1.04 bits per heavy atom. The molecule has 3 rings (SSSR count). The second-order valence-electron chi connectivity index (χ2n) is 9.09. The van der Waals surface area contributed by atoms with Crippen molar-refractivity contribution in [3.05, 3.63) is 35.9 Å². The van der Waals surface area contributed by atoms with Crippen LogP contribution in [0.3, 0.4) is 0 Å². The predicted molar refractivity (Wildman–Crippen MR) is 98.4 cm³/mol. The summed E-state index contributed by atoms with van der Waals surface area (Å²) in [5.74, 6) is 1.84. The maximum Gasteiger partial charge on any atom is 0.0208 e. The van der Waals surface area contributed by atoms with E-state index < -0.39 is 0 Å². The zero-order chi connectivity index (χ0) is 16.3. The molecule has 2 unspecified atom stereocenters. The molecule has 1 aromatic rings. The van der Waals surface area contributed by atoms with Gasteiger partial charge < -0.3 is 10.2 Å². The third-order valence-electron chi connectivity index (χ3n) is 5.16. The molecule has 2 fully saturated rings. The molecule has 0 radical (unpaired) electrons. The van der Waals surface area contributed by atoms with Crippen molar-refractivity contribution in [2.45, 2.75) is 59.0 Å². The first-order chi connectivity index (χ1) is 11.0. The molecule has 0 amide bonds. The first-order valence-corrected chi connectivity index (χ1v) is 9.47. The molecule has 23 heavy (non-hydrogen) atoms. The minimum atomic E-state index is 0.442. The molecule has 1 saturated carbocycles. The van der Waals surface area contributed by atoms with Gasteiger partial charge in [0, 0.05) is 32.2 Å². The maximum absolute atomic E-state index is 3.84. The van der Waals surface area contributed by atoms with Crippen LogP contribution >= 0.6 is 0 Å². The van der Waals surface area contributed by atoms with Gasteiger partial charge in [0.1, 0.15) is 0 Å². The third-order valence-corrected chi connectivity index (χ3v) is 5.16. The number of hydrogen-bond acceptors (Lipinski definition) is 2. The van der Waals surface area contributed by atoms with E-state index in [1.807, 2.05) is 0 Å². The molecule has 1 saturated heterocycles. The monoisotopic (exact) mass is 314 g/mol. The highest BCUT2D eigenvalue weighted by Gasteiger charge is 2.32. The SMILES string of the molecule is CC(C)(C)CC1CC(NCc2ccccc2)CN(CC2CC2)C1. The Kier molecular flexibility index (Phi) is 5.43. The van der Waals surface area contributed by atoms with Crippen molar-refractivity contribution in [1.82, 2.24) is 10.2 Å². The summed E-state index contributed by atoms with van der Waals surface area (Å²) in [4.78, 5) is 2.75. The number of likely N-dealkylation sites (tertiary alicyclic amines) is 1. The molecule has 1 N–H and O–H groups in total. The number of hydrogen-bond donors (Lipinski definition) is 1. The predicted octanol–water partition coefficient (Wildman–Crippen LogP) is 4.31. The number of rotatable bonds is 6. The minimum absolute atomic E-state index is 0.442. The van der Waals surface area contributed by atoms with Crippen molar-refractivity contribution >= 4 is 0 Å². The highest BCUT2D eigenvalue weighted by Crippen LogP contribution is 2.34. The molecule has 2 atom stereocenters. The molecular weight excluding hydrogens is 280 g/mol. The smallest absolute Gasteiger partial charge is 0.0208 e. The summed E-state index contributed by atoms with van der Waals surface area (Å²) in [6, 6.07) is 11.5. The van der Waals surface area contributed by atoms with Gasteiger partial charge in [-0.2, -0.15) is 0 Å². The molecule has 2 aliphatic rings. The lowest BCUT2D eigenvalue weighted by atomic mass is 9.80. The topological polar surface area (TPSA) is 15.3 Å². The second kappa shape index (κ2) is 7.36. The molecule has 1 aliphatic carbocycles. The van der Waals surface area contributed by atoms with Gasteiger partial charge in [-0.1, -0.05) is 51.1 Å². The highest BCUT2D eigenvalue weighted by atomic mass is 15.2. The van der Waals surface area contributed by atoms with E-state index in [-0.39, 0.29) is 0 Å². The number of benzene rings is 1. The molecule has 0 spiro atoms. The standard InChI is InChI=1S/C21H34N2/c1-21(2,3)12-19-11-20(16-23(15-19)14-18-9-10-18)22-13-17-7-5-4-6-8-17/h4-8,18-20,22H,9-16H2,1-3H3. The Labute approximate surface area is 142 Å². The van der Waals surface area contributed by atoms with Crippen LogP contribution in [-0.2, 0) is 6.54 Å². The van der Waals surface area contributed by atoms with E-state index in [1.54, 1.807) is 0 Å². The largest absolute Gasteiger partial charge is 0.309 e. The van der Waals surface area contributed by atoms with Gasteiger partial charge in [-0.3, -0.25) is 0 Å². The summed E-state index contributed by atoms with van der Waals surface area (Å²) in [6.45, 7) is 12.1. The fourth-order valence-electron chi connectivity index (χ4n) is 4.14. The van der Waals surface area contributed by atoms with Crippen LogP contribution in [0.5, 0.6) is 0 Å². The van der Waals surface area contributed by atoms with Gasteiger partial charge in [0.2, 0.25) is 0 Å². The van der Waals surface area contributed by atoms with Crippen LogP contribution in [0.25, 0.3) is 0 Å². The number of nitrogens with zero attached hydrogens (tertiary/aromatic N) is 1. The van der Waals surface area contributed by atoms with Crippen molar-refractivity contribution in [3.63, 3.8) is 0 Å². The average Bonchev–Trinajstić information content (AvgIpc) is 3.28.